The minimum absolute atomic E-state index is 0.116. The van der Waals surface area contributed by atoms with Crippen molar-refractivity contribution in [3.05, 3.63) is 29.8 Å². The van der Waals surface area contributed by atoms with Crippen molar-refractivity contribution >= 4 is 23.2 Å². The smallest absolute Gasteiger partial charge is 0.344 e. The Bertz CT molecular complexity index is 393. The zero-order valence-corrected chi connectivity index (χ0v) is 9.75. The van der Waals surface area contributed by atoms with Crippen LogP contribution in [0.15, 0.2) is 24.3 Å². The van der Waals surface area contributed by atoms with E-state index in [0.717, 1.165) is 0 Å². The molecule has 86 valence electrons. The van der Waals surface area contributed by atoms with Crippen molar-refractivity contribution in [1.29, 1.82) is 0 Å². The molecule has 0 unspecified atom stereocenters. The molecule has 0 spiro atoms. The van der Waals surface area contributed by atoms with Crippen LogP contribution in [0, 0.1) is 0 Å². The second-order valence-corrected chi connectivity index (χ2v) is 3.43. The lowest BCUT2D eigenvalue weighted by Gasteiger charge is -2.06. The second-order valence-electron chi connectivity index (χ2n) is 2.99. The van der Waals surface area contributed by atoms with Crippen molar-refractivity contribution in [3.8, 4) is 5.75 Å². The molecule has 5 heteroatoms. The summed E-state index contributed by atoms with van der Waals surface area (Å²) in [5.74, 6) is 0.140. The van der Waals surface area contributed by atoms with Gasteiger partial charge in [0.25, 0.3) is 0 Å². The Labute approximate surface area is 99.3 Å². The maximum Gasteiger partial charge on any atom is 0.344 e. The first-order chi connectivity index (χ1) is 7.63. The predicted octanol–water partition coefficient (Wildman–Crippen LogP) is 1.26. The van der Waals surface area contributed by atoms with Crippen LogP contribution in [0.5, 0.6) is 5.75 Å². The van der Waals surface area contributed by atoms with E-state index in [-0.39, 0.29) is 6.61 Å². The molecule has 0 bridgehead atoms. The first-order valence-electron chi connectivity index (χ1n) is 4.81. The number of benzene rings is 1. The van der Waals surface area contributed by atoms with Crippen molar-refractivity contribution < 1.29 is 14.3 Å². The van der Waals surface area contributed by atoms with E-state index in [2.05, 4.69) is 0 Å². The van der Waals surface area contributed by atoms with Crippen molar-refractivity contribution in [2.75, 3.05) is 13.2 Å². The summed E-state index contributed by atoms with van der Waals surface area (Å²) in [5.41, 5.74) is 6.18. The third-order valence-corrected chi connectivity index (χ3v) is 2.02. The molecule has 0 heterocycles. The average Bonchev–Trinajstić information content (AvgIpc) is 2.27. The van der Waals surface area contributed by atoms with Crippen LogP contribution in [0.4, 0.5) is 0 Å². The summed E-state index contributed by atoms with van der Waals surface area (Å²) in [6, 6.07) is 6.94. The molecule has 16 heavy (non-hydrogen) atoms. The summed E-state index contributed by atoms with van der Waals surface area (Å²) in [6.07, 6.45) is 0. The fourth-order valence-corrected chi connectivity index (χ4v) is 1.21. The van der Waals surface area contributed by atoms with Gasteiger partial charge in [-0.3, -0.25) is 0 Å². The highest BCUT2D eigenvalue weighted by Crippen LogP contribution is 2.13. The number of hydrogen-bond donors (Lipinski definition) is 1. The highest BCUT2D eigenvalue weighted by Gasteiger charge is 2.04. The topological polar surface area (TPSA) is 61.5 Å². The molecule has 0 saturated heterocycles. The SMILES string of the molecule is CCOC(=O)COc1cccc(C(N)=S)c1. The maximum absolute atomic E-state index is 11.0. The summed E-state index contributed by atoms with van der Waals surface area (Å²) in [7, 11) is 0. The first kappa shape index (κ1) is 12.4. The second kappa shape index (κ2) is 6.07. The fourth-order valence-electron chi connectivity index (χ4n) is 1.08. The number of esters is 1. The highest BCUT2D eigenvalue weighted by atomic mass is 32.1. The van der Waals surface area contributed by atoms with E-state index in [4.69, 9.17) is 27.4 Å². The number of ether oxygens (including phenoxy) is 2. The average molecular weight is 239 g/mol. The summed E-state index contributed by atoms with van der Waals surface area (Å²) >= 11 is 4.83. The van der Waals surface area contributed by atoms with E-state index >= 15 is 0 Å². The van der Waals surface area contributed by atoms with E-state index in [9.17, 15) is 4.79 Å². The van der Waals surface area contributed by atoms with Crippen molar-refractivity contribution in [2.24, 2.45) is 5.73 Å². The minimum atomic E-state index is -0.400. The van der Waals surface area contributed by atoms with Gasteiger partial charge in [-0.05, 0) is 19.1 Å². The van der Waals surface area contributed by atoms with Gasteiger partial charge in [0.15, 0.2) is 6.61 Å². The molecular weight excluding hydrogens is 226 g/mol. The number of carbonyl (C=O) groups excluding carboxylic acids is 1. The molecule has 0 aliphatic rings. The lowest BCUT2D eigenvalue weighted by molar-refractivity contribution is -0.145. The minimum Gasteiger partial charge on any atom is -0.482 e. The molecule has 0 fully saturated rings. The molecule has 0 aromatic heterocycles. The van der Waals surface area contributed by atoms with Crippen molar-refractivity contribution in [2.45, 2.75) is 6.92 Å². The molecule has 1 rings (SSSR count). The Morgan fingerprint density at radius 3 is 2.88 bits per heavy atom. The predicted molar refractivity (Wildman–Crippen MR) is 64.5 cm³/mol. The normalized spacial score (nSPS) is 9.56. The molecule has 4 nitrogen and oxygen atoms in total. The molecule has 0 radical (unpaired) electrons. The van der Waals surface area contributed by atoms with E-state index in [1.165, 1.54) is 0 Å². The summed E-state index contributed by atoms with van der Waals surface area (Å²) in [6.45, 7) is 1.97. The van der Waals surface area contributed by atoms with Crippen LogP contribution in [0.3, 0.4) is 0 Å². The quantitative estimate of drug-likeness (QED) is 0.619. The first-order valence-corrected chi connectivity index (χ1v) is 5.22. The van der Waals surface area contributed by atoms with Crippen LogP contribution >= 0.6 is 12.2 Å². The Hall–Kier alpha value is -1.62. The summed E-state index contributed by atoms with van der Waals surface area (Å²) in [5, 5.41) is 0. The number of thiocarbonyl (C=S) groups is 1. The summed E-state index contributed by atoms with van der Waals surface area (Å²) < 4.78 is 9.95. The van der Waals surface area contributed by atoms with E-state index in [1.54, 1.807) is 31.2 Å². The lowest BCUT2D eigenvalue weighted by atomic mass is 10.2. The van der Waals surface area contributed by atoms with Crippen molar-refractivity contribution in [1.82, 2.24) is 0 Å². The monoisotopic (exact) mass is 239 g/mol. The fraction of sp³-hybridized carbons (Fsp3) is 0.273. The van der Waals surface area contributed by atoms with Gasteiger partial charge in [-0.2, -0.15) is 0 Å². The number of nitrogens with two attached hydrogens (primary N) is 1. The van der Waals surface area contributed by atoms with Gasteiger partial charge in [-0.15, -0.1) is 0 Å². The van der Waals surface area contributed by atoms with E-state index in [0.29, 0.717) is 22.9 Å². The van der Waals surface area contributed by atoms with Gasteiger partial charge in [0.05, 0.1) is 6.61 Å². The van der Waals surface area contributed by atoms with Crippen LogP contribution in [-0.2, 0) is 9.53 Å². The molecule has 0 aliphatic heterocycles. The van der Waals surface area contributed by atoms with Gasteiger partial charge in [0, 0.05) is 5.56 Å². The Kier molecular flexibility index (Phi) is 4.72. The molecule has 0 atom stereocenters. The van der Waals surface area contributed by atoms with Gasteiger partial charge < -0.3 is 15.2 Å². The molecule has 0 saturated carbocycles. The number of hydrogen-bond acceptors (Lipinski definition) is 4. The van der Waals surface area contributed by atoms with E-state index in [1.807, 2.05) is 0 Å². The zero-order chi connectivity index (χ0) is 12.0. The van der Waals surface area contributed by atoms with E-state index < -0.39 is 5.97 Å². The molecule has 1 aromatic rings. The Balaban J connectivity index is 2.57. The van der Waals surface area contributed by atoms with Gasteiger partial charge in [0.1, 0.15) is 10.7 Å². The third-order valence-electron chi connectivity index (χ3n) is 1.78. The van der Waals surface area contributed by atoms with Crippen LogP contribution in [0.2, 0.25) is 0 Å². The molecule has 0 aliphatic carbocycles. The lowest BCUT2D eigenvalue weighted by Crippen LogP contribution is -2.15. The maximum atomic E-state index is 11.0. The Morgan fingerprint density at radius 2 is 2.25 bits per heavy atom. The van der Waals surface area contributed by atoms with Crippen LogP contribution in [0.25, 0.3) is 0 Å². The largest absolute Gasteiger partial charge is 0.482 e. The van der Waals surface area contributed by atoms with Gasteiger partial charge >= 0.3 is 5.97 Å². The highest BCUT2D eigenvalue weighted by molar-refractivity contribution is 7.80. The van der Waals surface area contributed by atoms with Crippen molar-refractivity contribution in [3.63, 3.8) is 0 Å². The molecular formula is C11H13NO3S. The van der Waals surface area contributed by atoms with Gasteiger partial charge in [-0.25, -0.2) is 4.79 Å². The molecule has 2 N–H and O–H groups in total. The van der Waals surface area contributed by atoms with Gasteiger partial charge in [0.2, 0.25) is 0 Å². The third kappa shape index (κ3) is 3.86. The zero-order valence-electron chi connectivity index (χ0n) is 8.93. The Morgan fingerprint density at radius 1 is 1.50 bits per heavy atom. The molecule has 1 aromatic carbocycles. The standard InChI is InChI=1S/C11H13NO3S/c1-2-14-10(13)7-15-9-5-3-4-8(6-9)11(12)16/h3-6H,2,7H2,1H3,(H2,12,16). The number of rotatable bonds is 5. The van der Waals surface area contributed by atoms with Crippen LogP contribution < -0.4 is 10.5 Å². The molecule has 0 amide bonds. The van der Waals surface area contributed by atoms with Crippen LogP contribution in [-0.4, -0.2) is 24.2 Å². The van der Waals surface area contributed by atoms with Crippen LogP contribution in [0.1, 0.15) is 12.5 Å². The number of carbonyl (C=O) groups is 1. The summed E-state index contributed by atoms with van der Waals surface area (Å²) in [4.78, 5) is 11.3. The van der Waals surface area contributed by atoms with Gasteiger partial charge in [-0.1, -0.05) is 24.4 Å².